The van der Waals surface area contributed by atoms with Gasteiger partial charge in [0.05, 0.1) is 0 Å². The second-order valence-corrected chi connectivity index (χ2v) is 4.56. The summed E-state index contributed by atoms with van der Waals surface area (Å²) in [5, 5.41) is 0. The fraction of sp³-hybridized carbons (Fsp3) is 1.00. The molecule has 0 spiro atoms. The van der Waals surface area contributed by atoms with Crippen LogP contribution in [0.4, 0.5) is 0 Å². The smallest absolute Gasteiger partial charge is 0.0468 e. The van der Waals surface area contributed by atoms with Gasteiger partial charge in [0.15, 0.2) is 0 Å². The Labute approximate surface area is 106 Å². The third kappa shape index (κ3) is 37.0. The van der Waals surface area contributed by atoms with Gasteiger partial charge in [-0.15, -0.1) is 0 Å². The molecule has 0 atom stereocenters. The van der Waals surface area contributed by atoms with Crippen molar-refractivity contribution in [1.82, 2.24) is 0 Å². The van der Waals surface area contributed by atoms with Crippen LogP contribution < -0.4 is 0 Å². The van der Waals surface area contributed by atoms with Crippen LogP contribution in [-0.4, -0.2) is 13.2 Å². The molecule has 0 unspecified atom stereocenters. The average Bonchev–Trinajstić information content (AvgIpc) is 2.05. The highest BCUT2D eigenvalue weighted by molar-refractivity contribution is 4.41. The van der Waals surface area contributed by atoms with Gasteiger partial charge >= 0.3 is 0 Å². The molecule has 0 saturated heterocycles. The van der Waals surface area contributed by atoms with E-state index in [1.807, 2.05) is 6.92 Å². The molecule has 1 nitrogen and oxygen atoms in total. The summed E-state index contributed by atoms with van der Waals surface area (Å²) in [6.45, 7) is 15.0. The molecule has 0 N–H and O–H groups in total. The Morgan fingerprint density at radius 2 is 1.25 bits per heavy atom. The molecule has 0 aliphatic carbocycles. The Bertz CT molecular complexity index is 87.4. The molecule has 0 saturated carbocycles. The van der Waals surface area contributed by atoms with E-state index in [9.17, 15) is 0 Å². The fourth-order valence-electron chi connectivity index (χ4n) is 1.04. The summed E-state index contributed by atoms with van der Waals surface area (Å²) < 4.78 is 5.14. The topological polar surface area (TPSA) is 9.23 Å². The third-order valence-corrected chi connectivity index (χ3v) is 1.91. The summed E-state index contributed by atoms with van der Waals surface area (Å²) >= 11 is 0. The largest absolute Gasteiger partial charge is 0.382 e. The van der Waals surface area contributed by atoms with Gasteiger partial charge in [0.25, 0.3) is 0 Å². The van der Waals surface area contributed by atoms with Crippen molar-refractivity contribution in [3.63, 3.8) is 0 Å². The average molecular weight is 234 g/mol. The molecular weight excluding hydrogens is 196 g/mol. The quantitative estimate of drug-likeness (QED) is 0.529. The number of hydrogen-bond donors (Lipinski definition) is 0. The van der Waals surface area contributed by atoms with Crippen molar-refractivity contribution in [1.29, 1.82) is 0 Å². The van der Waals surface area contributed by atoms with Crippen LogP contribution in [0, 0.1) is 11.8 Å². The molecule has 0 aliphatic rings. The van der Waals surface area contributed by atoms with Crippen molar-refractivity contribution in [2.45, 2.75) is 75.7 Å². The summed E-state index contributed by atoms with van der Waals surface area (Å²) in [6, 6.07) is 0. The predicted octanol–water partition coefficient (Wildman–Crippen LogP) is 5.78. The number of hydrogen-bond acceptors (Lipinski definition) is 1. The minimum Gasteiger partial charge on any atom is -0.382 e. The summed E-state index contributed by atoms with van der Waals surface area (Å²) in [7, 11) is 0. The standard InChI is InChI=1S/C7H16O.C6H14.2CH4/c1-4-8-6-5-7(2)3;1-4-5-6(2)3;;/h7H,4-6H2,1-3H3;6H,4-5H2,1-3H3;2*1H4. The SMILES string of the molecule is C.C.CCCC(C)C.CCOCCC(C)C. The van der Waals surface area contributed by atoms with Crippen LogP contribution in [0.5, 0.6) is 0 Å². The molecule has 0 fully saturated rings. The normalized spacial score (nSPS) is 9.00. The van der Waals surface area contributed by atoms with Crippen molar-refractivity contribution < 1.29 is 4.74 Å². The van der Waals surface area contributed by atoms with Crippen molar-refractivity contribution in [2.24, 2.45) is 11.8 Å². The van der Waals surface area contributed by atoms with E-state index in [0.717, 1.165) is 25.0 Å². The van der Waals surface area contributed by atoms with Crippen LogP contribution in [0.3, 0.4) is 0 Å². The molecule has 0 amide bonds. The lowest BCUT2D eigenvalue weighted by Crippen LogP contribution is -1.97. The third-order valence-electron chi connectivity index (χ3n) is 1.91. The first kappa shape index (κ1) is 25.0. The van der Waals surface area contributed by atoms with Gasteiger partial charge in [-0.25, -0.2) is 0 Å². The number of ether oxygens (including phenoxy) is 1. The summed E-state index contributed by atoms with van der Waals surface area (Å²) in [5.41, 5.74) is 0. The summed E-state index contributed by atoms with van der Waals surface area (Å²) in [6.07, 6.45) is 3.89. The Hall–Kier alpha value is -0.0400. The van der Waals surface area contributed by atoms with E-state index in [0.29, 0.717) is 0 Å². The van der Waals surface area contributed by atoms with Crippen LogP contribution in [0.2, 0.25) is 0 Å². The molecule has 0 aromatic heterocycles. The Balaban J connectivity index is -0.0000000825. The van der Waals surface area contributed by atoms with Crippen molar-refractivity contribution in [3.8, 4) is 0 Å². The van der Waals surface area contributed by atoms with Crippen LogP contribution in [0.1, 0.15) is 75.7 Å². The molecule has 0 heterocycles. The first-order valence-electron chi connectivity index (χ1n) is 6.12. The zero-order valence-electron chi connectivity index (χ0n) is 11.1. The van der Waals surface area contributed by atoms with E-state index in [1.165, 1.54) is 19.3 Å². The maximum absolute atomic E-state index is 5.14. The van der Waals surface area contributed by atoms with Crippen molar-refractivity contribution in [3.05, 3.63) is 0 Å². The molecule has 0 rings (SSSR count). The highest BCUT2D eigenvalue weighted by atomic mass is 16.5. The first-order valence-corrected chi connectivity index (χ1v) is 6.12. The fourth-order valence-corrected chi connectivity index (χ4v) is 1.04. The molecule has 104 valence electrons. The van der Waals surface area contributed by atoms with Crippen LogP contribution in [0.15, 0.2) is 0 Å². The minimum atomic E-state index is 0. The van der Waals surface area contributed by atoms with E-state index in [1.54, 1.807) is 0 Å². The van der Waals surface area contributed by atoms with E-state index < -0.39 is 0 Å². The second-order valence-electron chi connectivity index (χ2n) is 4.56. The van der Waals surface area contributed by atoms with Gasteiger partial charge in [-0.1, -0.05) is 62.3 Å². The summed E-state index contributed by atoms with van der Waals surface area (Å²) in [4.78, 5) is 0. The van der Waals surface area contributed by atoms with Crippen molar-refractivity contribution in [2.75, 3.05) is 13.2 Å². The maximum Gasteiger partial charge on any atom is 0.0468 e. The van der Waals surface area contributed by atoms with E-state index in [-0.39, 0.29) is 14.9 Å². The molecule has 0 radical (unpaired) electrons. The minimum absolute atomic E-state index is 0. The van der Waals surface area contributed by atoms with Gasteiger partial charge in [0.1, 0.15) is 0 Å². The molecule has 1 heteroatoms. The van der Waals surface area contributed by atoms with Gasteiger partial charge < -0.3 is 4.74 Å². The predicted molar refractivity (Wildman–Crippen MR) is 79.2 cm³/mol. The van der Waals surface area contributed by atoms with E-state index in [4.69, 9.17) is 4.74 Å². The highest BCUT2D eigenvalue weighted by Gasteiger charge is 1.90. The maximum atomic E-state index is 5.14. The van der Waals surface area contributed by atoms with Crippen LogP contribution in [0.25, 0.3) is 0 Å². The van der Waals surface area contributed by atoms with Gasteiger partial charge in [-0.2, -0.15) is 0 Å². The zero-order valence-corrected chi connectivity index (χ0v) is 11.1. The first-order chi connectivity index (χ1) is 6.54. The highest BCUT2D eigenvalue weighted by Crippen LogP contribution is 2.00. The van der Waals surface area contributed by atoms with Crippen LogP contribution in [-0.2, 0) is 4.74 Å². The lowest BCUT2D eigenvalue weighted by atomic mass is 10.1. The summed E-state index contributed by atoms with van der Waals surface area (Å²) in [5.74, 6) is 1.68. The van der Waals surface area contributed by atoms with Gasteiger partial charge in [0.2, 0.25) is 0 Å². The van der Waals surface area contributed by atoms with Gasteiger partial charge in [0, 0.05) is 13.2 Å². The zero-order chi connectivity index (χ0) is 11.4. The number of rotatable bonds is 6. The lowest BCUT2D eigenvalue weighted by molar-refractivity contribution is 0.136. The van der Waals surface area contributed by atoms with Gasteiger partial charge in [-0.3, -0.25) is 0 Å². The van der Waals surface area contributed by atoms with Crippen molar-refractivity contribution >= 4 is 0 Å². The van der Waals surface area contributed by atoms with Gasteiger partial charge in [-0.05, 0) is 25.2 Å². The second kappa shape index (κ2) is 20.4. The molecule has 16 heavy (non-hydrogen) atoms. The van der Waals surface area contributed by atoms with E-state index in [2.05, 4.69) is 34.6 Å². The van der Waals surface area contributed by atoms with Crippen LogP contribution >= 0.6 is 0 Å². The molecule has 0 aliphatic heterocycles. The molecule has 0 aromatic carbocycles. The molecule has 0 bridgehead atoms. The molecule has 0 aromatic rings. The lowest BCUT2D eigenvalue weighted by Gasteiger charge is -2.02. The Kier molecular flexibility index (Phi) is 31.8. The van der Waals surface area contributed by atoms with E-state index >= 15 is 0 Å². The monoisotopic (exact) mass is 234 g/mol. The Morgan fingerprint density at radius 1 is 0.812 bits per heavy atom. The Morgan fingerprint density at radius 3 is 1.44 bits per heavy atom. The molecular formula is C15H38O.